The molecule has 0 amide bonds. The highest BCUT2D eigenvalue weighted by atomic mass is 14.9. The van der Waals surface area contributed by atoms with Crippen LogP contribution in [0.5, 0.6) is 0 Å². The van der Waals surface area contributed by atoms with Crippen LogP contribution >= 0.6 is 0 Å². The minimum Gasteiger partial charge on any atom is -0.314 e. The first-order chi connectivity index (χ1) is 9.38. The van der Waals surface area contributed by atoms with Crippen LogP contribution in [0.4, 0.5) is 0 Å². The first-order valence-electron chi connectivity index (χ1n) is 9.11. The minimum atomic E-state index is 0.508. The number of rotatable bonds is 7. The van der Waals surface area contributed by atoms with Crippen LogP contribution in [0.15, 0.2) is 0 Å². The van der Waals surface area contributed by atoms with Crippen LogP contribution in [-0.2, 0) is 0 Å². The second-order valence-corrected chi connectivity index (χ2v) is 8.29. The molecule has 0 heterocycles. The number of nitrogens with one attached hydrogen (secondary N) is 1. The molecule has 0 bridgehead atoms. The summed E-state index contributed by atoms with van der Waals surface area (Å²) in [7, 11) is 0. The lowest BCUT2D eigenvalue weighted by molar-refractivity contribution is 0.126. The van der Waals surface area contributed by atoms with E-state index in [2.05, 4.69) is 46.9 Å². The van der Waals surface area contributed by atoms with Crippen LogP contribution in [-0.4, -0.2) is 12.6 Å². The molecule has 2 atom stereocenters. The van der Waals surface area contributed by atoms with Crippen LogP contribution in [0, 0.1) is 23.2 Å². The summed E-state index contributed by atoms with van der Waals surface area (Å²) in [6, 6.07) is 0.769. The van der Waals surface area contributed by atoms with E-state index in [0.717, 1.165) is 23.8 Å². The normalized spacial score (nSPS) is 27.3. The maximum Gasteiger partial charge on any atom is 0.00978 e. The molecule has 1 saturated carbocycles. The topological polar surface area (TPSA) is 12.0 Å². The Kier molecular flexibility index (Phi) is 7.58. The van der Waals surface area contributed by atoms with E-state index < -0.39 is 0 Å². The first kappa shape index (κ1) is 18.0. The van der Waals surface area contributed by atoms with Crippen molar-refractivity contribution in [1.82, 2.24) is 5.32 Å². The Bertz CT molecular complexity index is 245. The molecular weight excluding hydrogens is 242 g/mol. The maximum atomic E-state index is 3.86. The van der Waals surface area contributed by atoms with Gasteiger partial charge in [0.1, 0.15) is 0 Å². The molecule has 1 nitrogen and oxygen atoms in total. The van der Waals surface area contributed by atoms with Crippen molar-refractivity contribution in [3.05, 3.63) is 0 Å². The third-order valence-electron chi connectivity index (χ3n) is 5.58. The van der Waals surface area contributed by atoms with Gasteiger partial charge in [-0.25, -0.2) is 0 Å². The smallest absolute Gasteiger partial charge is 0.00978 e. The Morgan fingerprint density at radius 2 is 1.65 bits per heavy atom. The second kappa shape index (κ2) is 8.41. The molecule has 120 valence electrons. The lowest BCUT2D eigenvalue weighted by Gasteiger charge is -2.40. The molecule has 0 aromatic heterocycles. The fraction of sp³-hybridized carbons (Fsp3) is 1.00. The summed E-state index contributed by atoms with van der Waals surface area (Å²) in [5.74, 6) is 2.73. The van der Waals surface area contributed by atoms with E-state index in [1.807, 2.05) is 0 Å². The molecule has 0 aliphatic heterocycles. The zero-order valence-electron chi connectivity index (χ0n) is 15.0. The second-order valence-electron chi connectivity index (χ2n) is 8.29. The quantitative estimate of drug-likeness (QED) is 0.636. The lowest BCUT2D eigenvalue weighted by atomic mass is 9.68. The molecule has 0 saturated heterocycles. The highest BCUT2D eigenvalue weighted by Crippen LogP contribution is 2.41. The van der Waals surface area contributed by atoms with E-state index >= 15 is 0 Å². The highest BCUT2D eigenvalue weighted by molar-refractivity contribution is 4.86. The van der Waals surface area contributed by atoms with Crippen molar-refractivity contribution in [1.29, 1.82) is 0 Å². The fourth-order valence-electron chi connectivity index (χ4n) is 3.76. The summed E-state index contributed by atoms with van der Waals surface area (Å²) >= 11 is 0. The summed E-state index contributed by atoms with van der Waals surface area (Å²) < 4.78 is 0. The molecule has 20 heavy (non-hydrogen) atoms. The molecule has 0 spiro atoms. The molecule has 1 aliphatic carbocycles. The van der Waals surface area contributed by atoms with Crippen molar-refractivity contribution in [2.75, 3.05) is 6.54 Å². The van der Waals surface area contributed by atoms with Crippen molar-refractivity contribution < 1.29 is 0 Å². The monoisotopic (exact) mass is 281 g/mol. The molecule has 1 rings (SSSR count). The third kappa shape index (κ3) is 5.76. The van der Waals surface area contributed by atoms with E-state index in [-0.39, 0.29) is 0 Å². The predicted octanol–water partition coefficient (Wildman–Crippen LogP) is 5.64. The molecule has 1 N–H and O–H groups in total. The number of hydrogen-bond donors (Lipinski definition) is 1. The molecular formula is C19H39N. The Balaban J connectivity index is 2.51. The summed E-state index contributed by atoms with van der Waals surface area (Å²) in [6.07, 6.45) is 9.73. The van der Waals surface area contributed by atoms with Gasteiger partial charge in [0.2, 0.25) is 0 Å². The summed E-state index contributed by atoms with van der Waals surface area (Å²) in [6.45, 7) is 15.5. The standard InChI is InChI=1S/C19H39N/c1-7-13-20-18(14-15(3)8-2)16-9-11-17(12-10-16)19(4,5)6/h15-18,20H,7-14H2,1-6H3. The van der Waals surface area contributed by atoms with Gasteiger partial charge in [0.15, 0.2) is 0 Å². The molecule has 0 radical (unpaired) electrons. The Hall–Kier alpha value is -0.0400. The highest BCUT2D eigenvalue weighted by Gasteiger charge is 2.32. The minimum absolute atomic E-state index is 0.508. The molecule has 2 unspecified atom stereocenters. The van der Waals surface area contributed by atoms with Crippen molar-refractivity contribution in [2.24, 2.45) is 23.2 Å². The maximum absolute atomic E-state index is 3.86. The fourth-order valence-corrected chi connectivity index (χ4v) is 3.76. The van der Waals surface area contributed by atoms with Gasteiger partial charge < -0.3 is 5.32 Å². The first-order valence-corrected chi connectivity index (χ1v) is 9.11. The van der Waals surface area contributed by atoms with Gasteiger partial charge in [0.25, 0.3) is 0 Å². The van der Waals surface area contributed by atoms with E-state index in [1.165, 1.54) is 51.5 Å². The van der Waals surface area contributed by atoms with Crippen LogP contribution in [0.25, 0.3) is 0 Å². The average Bonchev–Trinajstić information content (AvgIpc) is 2.42. The van der Waals surface area contributed by atoms with Gasteiger partial charge in [0.05, 0.1) is 0 Å². The van der Waals surface area contributed by atoms with Gasteiger partial charge in [-0.05, 0) is 68.2 Å². The van der Waals surface area contributed by atoms with Gasteiger partial charge in [0, 0.05) is 6.04 Å². The van der Waals surface area contributed by atoms with Gasteiger partial charge in [-0.2, -0.15) is 0 Å². The molecule has 0 aromatic rings. The Morgan fingerprint density at radius 3 is 2.10 bits per heavy atom. The average molecular weight is 282 g/mol. The van der Waals surface area contributed by atoms with E-state index in [4.69, 9.17) is 0 Å². The summed E-state index contributed by atoms with van der Waals surface area (Å²) in [5.41, 5.74) is 0.508. The van der Waals surface area contributed by atoms with Gasteiger partial charge in [-0.3, -0.25) is 0 Å². The number of hydrogen-bond acceptors (Lipinski definition) is 1. The predicted molar refractivity (Wildman–Crippen MR) is 91.1 cm³/mol. The van der Waals surface area contributed by atoms with Gasteiger partial charge in [-0.1, -0.05) is 48.0 Å². The summed E-state index contributed by atoms with van der Waals surface area (Å²) in [4.78, 5) is 0. The van der Waals surface area contributed by atoms with Gasteiger partial charge in [-0.15, -0.1) is 0 Å². The largest absolute Gasteiger partial charge is 0.314 e. The Labute approximate surface area is 128 Å². The molecule has 1 fully saturated rings. The third-order valence-corrected chi connectivity index (χ3v) is 5.58. The summed E-state index contributed by atoms with van der Waals surface area (Å²) in [5, 5.41) is 3.86. The molecule has 1 aliphatic rings. The zero-order chi connectivity index (χ0) is 15.2. The van der Waals surface area contributed by atoms with Crippen molar-refractivity contribution >= 4 is 0 Å². The van der Waals surface area contributed by atoms with Crippen LogP contribution in [0.3, 0.4) is 0 Å². The van der Waals surface area contributed by atoms with Crippen LogP contribution in [0.2, 0.25) is 0 Å². The van der Waals surface area contributed by atoms with Crippen LogP contribution in [0.1, 0.15) is 86.5 Å². The zero-order valence-corrected chi connectivity index (χ0v) is 15.0. The van der Waals surface area contributed by atoms with E-state index in [9.17, 15) is 0 Å². The van der Waals surface area contributed by atoms with E-state index in [0.29, 0.717) is 5.41 Å². The van der Waals surface area contributed by atoms with Crippen molar-refractivity contribution in [3.63, 3.8) is 0 Å². The molecule has 1 heteroatoms. The SMILES string of the molecule is CCCNC(CC(C)CC)C1CCC(C(C)(C)C)CC1. The van der Waals surface area contributed by atoms with Gasteiger partial charge >= 0.3 is 0 Å². The Morgan fingerprint density at radius 1 is 1.05 bits per heavy atom. The van der Waals surface area contributed by atoms with E-state index in [1.54, 1.807) is 0 Å². The molecule has 0 aromatic carbocycles. The van der Waals surface area contributed by atoms with Crippen LogP contribution < -0.4 is 5.32 Å². The van der Waals surface area contributed by atoms with Crippen molar-refractivity contribution in [2.45, 2.75) is 92.5 Å². The lowest BCUT2D eigenvalue weighted by Crippen LogP contribution is -2.40. The van der Waals surface area contributed by atoms with Crippen molar-refractivity contribution in [3.8, 4) is 0 Å².